The summed E-state index contributed by atoms with van der Waals surface area (Å²) in [5, 5.41) is 0.741. The Morgan fingerprint density at radius 2 is 1.89 bits per heavy atom. The van der Waals surface area contributed by atoms with Gasteiger partial charge in [-0.15, -0.1) is 0 Å². The molecule has 0 amide bonds. The second kappa shape index (κ2) is 6.11. The van der Waals surface area contributed by atoms with Gasteiger partial charge in [0.2, 0.25) is 0 Å². The molecular formula is C14H13BrClNS. The Morgan fingerprint density at radius 1 is 1.17 bits per heavy atom. The standard InChI is InChI=1S/C14H13BrClNS/c1-9(17)10-6-7-14(12(16)8-10)18-13-5-3-2-4-11(13)15/h2-9H,17H2,1H3. The van der Waals surface area contributed by atoms with Gasteiger partial charge in [0.05, 0.1) is 5.02 Å². The fourth-order valence-corrected chi connectivity index (χ4v) is 3.20. The molecule has 0 aliphatic rings. The van der Waals surface area contributed by atoms with Crippen molar-refractivity contribution in [1.82, 2.24) is 0 Å². The lowest BCUT2D eigenvalue weighted by molar-refractivity contribution is 0.817. The van der Waals surface area contributed by atoms with Crippen LogP contribution in [0.5, 0.6) is 0 Å². The van der Waals surface area contributed by atoms with Gasteiger partial charge in [0, 0.05) is 20.3 Å². The molecule has 4 heteroatoms. The summed E-state index contributed by atoms with van der Waals surface area (Å²) in [6.45, 7) is 1.95. The van der Waals surface area contributed by atoms with Crippen molar-refractivity contribution in [3.8, 4) is 0 Å². The highest BCUT2D eigenvalue weighted by molar-refractivity contribution is 9.10. The molecule has 1 unspecified atom stereocenters. The van der Waals surface area contributed by atoms with Crippen LogP contribution in [0.4, 0.5) is 0 Å². The minimum atomic E-state index is 0.00464. The lowest BCUT2D eigenvalue weighted by atomic mass is 10.1. The maximum Gasteiger partial charge on any atom is 0.0548 e. The molecule has 0 heterocycles. The van der Waals surface area contributed by atoms with Crippen LogP contribution < -0.4 is 5.73 Å². The van der Waals surface area contributed by atoms with Crippen molar-refractivity contribution in [2.24, 2.45) is 5.73 Å². The van der Waals surface area contributed by atoms with Crippen LogP contribution in [-0.4, -0.2) is 0 Å². The Labute approximate surface area is 125 Å². The van der Waals surface area contributed by atoms with Gasteiger partial charge in [-0.25, -0.2) is 0 Å². The average molecular weight is 343 g/mol. The molecule has 0 saturated heterocycles. The van der Waals surface area contributed by atoms with Crippen molar-refractivity contribution in [1.29, 1.82) is 0 Å². The maximum atomic E-state index is 6.28. The molecule has 2 rings (SSSR count). The summed E-state index contributed by atoms with van der Waals surface area (Å²) in [6, 6.07) is 14.1. The Morgan fingerprint density at radius 3 is 2.50 bits per heavy atom. The Balaban J connectivity index is 2.28. The van der Waals surface area contributed by atoms with E-state index in [0.717, 1.165) is 24.8 Å². The molecule has 0 aromatic heterocycles. The van der Waals surface area contributed by atoms with E-state index in [2.05, 4.69) is 22.0 Å². The average Bonchev–Trinajstić information content (AvgIpc) is 2.34. The number of hydrogen-bond donors (Lipinski definition) is 1. The highest BCUT2D eigenvalue weighted by Gasteiger charge is 2.08. The first-order valence-corrected chi connectivity index (χ1v) is 7.54. The van der Waals surface area contributed by atoms with Crippen molar-refractivity contribution < 1.29 is 0 Å². The maximum absolute atomic E-state index is 6.28. The monoisotopic (exact) mass is 341 g/mol. The first-order chi connectivity index (χ1) is 8.58. The summed E-state index contributed by atoms with van der Waals surface area (Å²) < 4.78 is 1.07. The minimum absolute atomic E-state index is 0.00464. The summed E-state index contributed by atoms with van der Waals surface area (Å²) in [4.78, 5) is 2.18. The summed E-state index contributed by atoms with van der Waals surface area (Å²) in [6.07, 6.45) is 0. The third-order valence-corrected chi connectivity index (χ3v) is 5.07. The van der Waals surface area contributed by atoms with E-state index in [9.17, 15) is 0 Å². The number of benzene rings is 2. The predicted octanol–water partition coefficient (Wildman–Crippen LogP) is 5.27. The lowest BCUT2D eigenvalue weighted by Crippen LogP contribution is -2.04. The van der Waals surface area contributed by atoms with Gasteiger partial charge in [0.15, 0.2) is 0 Å². The van der Waals surface area contributed by atoms with E-state index in [-0.39, 0.29) is 6.04 Å². The second-order valence-corrected chi connectivity index (χ2v) is 6.36. The molecule has 94 valence electrons. The molecule has 2 aromatic rings. The molecule has 2 aromatic carbocycles. The van der Waals surface area contributed by atoms with E-state index in [4.69, 9.17) is 17.3 Å². The summed E-state index contributed by atoms with van der Waals surface area (Å²) in [5.41, 5.74) is 6.89. The predicted molar refractivity (Wildman–Crippen MR) is 82.3 cm³/mol. The highest BCUT2D eigenvalue weighted by Crippen LogP contribution is 2.37. The third kappa shape index (κ3) is 3.29. The minimum Gasteiger partial charge on any atom is -0.324 e. The quantitative estimate of drug-likeness (QED) is 0.822. The van der Waals surface area contributed by atoms with Crippen LogP contribution in [0.3, 0.4) is 0 Å². The highest BCUT2D eigenvalue weighted by atomic mass is 79.9. The van der Waals surface area contributed by atoms with E-state index in [1.807, 2.05) is 43.3 Å². The number of rotatable bonds is 3. The van der Waals surface area contributed by atoms with Gasteiger partial charge in [0.1, 0.15) is 0 Å². The zero-order valence-corrected chi connectivity index (χ0v) is 13.0. The zero-order chi connectivity index (χ0) is 13.1. The lowest BCUT2D eigenvalue weighted by Gasteiger charge is -2.10. The van der Waals surface area contributed by atoms with Crippen LogP contribution >= 0.6 is 39.3 Å². The molecule has 1 nitrogen and oxygen atoms in total. The van der Waals surface area contributed by atoms with Crippen LogP contribution in [0.15, 0.2) is 56.7 Å². The van der Waals surface area contributed by atoms with Gasteiger partial charge in [-0.1, -0.05) is 41.6 Å². The summed E-state index contributed by atoms with van der Waals surface area (Å²) in [7, 11) is 0. The summed E-state index contributed by atoms with van der Waals surface area (Å²) >= 11 is 11.5. The summed E-state index contributed by atoms with van der Waals surface area (Å²) in [5.74, 6) is 0. The zero-order valence-electron chi connectivity index (χ0n) is 9.86. The van der Waals surface area contributed by atoms with Crippen molar-refractivity contribution in [2.75, 3.05) is 0 Å². The van der Waals surface area contributed by atoms with Crippen LogP contribution in [-0.2, 0) is 0 Å². The number of halogens is 2. The van der Waals surface area contributed by atoms with Crippen LogP contribution in [0.1, 0.15) is 18.5 Å². The fraction of sp³-hybridized carbons (Fsp3) is 0.143. The fourth-order valence-electron chi connectivity index (χ4n) is 1.53. The largest absolute Gasteiger partial charge is 0.324 e. The Kier molecular flexibility index (Phi) is 4.73. The first-order valence-electron chi connectivity index (χ1n) is 5.55. The smallest absolute Gasteiger partial charge is 0.0548 e. The molecular weight excluding hydrogens is 330 g/mol. The Bertz CT molecular complexity index is 557. The van der Waals surface area contributed by atoms with E-state index in [1.54, 1.807) is 11.8 Å². The van der Waals surface area contributed by atoms with Gasteiger partial charge in [0.25, 0.3) is 0 Å². The number of nitrogens with two attached hydrogens (primary N) is 1. The third-order valence-electron chi connectivity index (χ3n) is 2.54. The van der Waals surface area contributed by atoms with Gasteiger partial charge in [-0.2, -0.15) is 0 Å². The topological polar surface area (TPSA) is 26.0 Å². The first kappa shape index (κ1) is 13.9. The second-order valence-electron chi connectivity index (χ2n) is 4.01. The van der Waals surface area contributed by atoms with E-state index in [1.165, 1.54) is 0 Å². The SMILES string of the molecule is CC(N)c1ccc(Sc2ccccc2Br)c(Cl)c1. The van der Waals surface area contributed by atoms with Crippen LogP contribution in [0, 0.1) is 0 Å². The van der Waals surface area contributed by atoms with Crippen molar-refractivity contribution >= 4 is 39.3 Å². The molecule has 2 N–H and O–H groups in total. The van der Waals surface area contributed by atoms with Crippen molar-refractivity contribution in [3.05, 3.63) is 57.5 Å². The molecule has 0 saturated carbocycles. The Hall–Kier alpha value is -0.480. The van der Waals surface area contributed by atoms with Crippen LogP contribution in [0.25, 0.3) is 0 Å². The molecule has 18 heavy (non-hydrogen) atoms. The molecule has 0 spiro atoms. The molecule has 0 fully saturated rings. The molecule has 0 bridgehead atoms. The molecule has 0 radical (unpaired) electrons. The van der Waals surface area contributed by atoms with E-state index >= 15 is 0 Å². The van der Waals surface area contributed by atoms with E-state index in [0.29, 0.717) is 0 Å². The van der Waals surface area contributed by atoms with Gasteiger partial charge in [-0.05, 0) is 52.7 Å². The molecule has 0 aliphatic heterocycles. The molecule has 1 atom stereocenters. The van der Waals surface area contributed by atoms with Gasteiger partial charge in [-0.3, -0.25) is 0 Å². The van der Waals surface area contributed by atoms with Crippen molar-refractivity contribution in [2.45, 2.75) is 22.8 Å². The van der Waals surface area contributed by atoms with Crippen molar-refractivity contribution in [3.63, 3.8) is 0 Å². The van der Waals surface area contributed by atoms with Crippen LogP contribution in [0.2, 0.25) is 5.02 Å². The number of hydrogen-bond acceptors (Lipinski definition) is 2. The van der Waals surface area contributed by atoms with Gasteiger partial charge < -0.3 is 5.73 Å². The molecule has 0 aliphatic carbocycles. The van der Waals surface area contributed by atoms with Gasteiger partial charge >= 0.3 is 0 Å². The normalized spacial score (nSPS) is 12.4. The van der Waals surface area contributed by atoms with E-state index < -0.39 is 0 Å².